The van der Waals surface area contributed by atoms with Crippen LogP contribution in [0.1, 0.15) is 19.8 Å². The molecule has 0 spiro atoms. The number of ketones is 1. The Morgan fingerprint density at radius 1 is 1.62 bits per heavy atom. The zero-order chi connectivity index (χ0) is 9.68. The minimum Gasteiger partial charge on any atom is -0.310 e. The third-order valence-electron chi connectivity index (χ3n) is 2.59. The molecular weight excluding hydrogens is 164 g/mol. The molecule has 1 unspecified atom stereocenters. The first-order chi connectivity index (χ1) is 6.18. The fourth-order valence-electron chi connectivity index (χ4n) is 1.83. The second-order valence-corrected chi connectivity index (χ2v) is 4.08. The summed E-state index contributed by atoms with van der Waals surface area (Å²) >= 11 is 0. The van der Waals surface area contributed by atoms with Crippen LogP contribution in [0.2, 0.25) is 0 Å². The molecule has 0 aromatic heterocycles. The number of Topliss-reactive ketones (excluding diaryl/α,β-unsaturated/α-hetero) is 1. The third kappa shape index (κ3) is 4.39. The molecule has 1 atom stereocenters. The van der Waals surface area contributed by atoms with Crippen LogP contribution in [0.5, 0.6) is 0 Å². The Labute approximate surface area is 80.5 Å². The Morgan fingerprint density at radius 2 is 2.38 bits per heavy atom. The van der Waals surface area contributed by atoms with E-state index in [1.165, 1.54) is 25.9 Å². The first kappa shape index (κ1) is 10.7. The summed E-state index contributed by atoms with van der Waals surface area (Å²) in [5.74, 6) is 1.06. The van der Waals surface area contributed by atoms with Crippen LogP contribution in [0.25, 0.3) is 0 Å². The van der Waals surface area contributed by atoms with Gasteiger partial charge in [0.2, 0.25) is 0 Å². The summed E-state index contributed by atoms with van der Waals surface area (Å²) in [6, 6.07) is 0. The number of carbonyl (C=O) groups is 1. The van der Waals surface area contributed by atoms with Crippen molar-refractivity contribution in [3.05, 3.63) is 0 Å². The Hall–Kier alpha value is -0.410. The molecule has 0 amide bonds. The molecular formula is C10H20N2O. The number of nitrogens with one attached hydrogen (secondary N) is 1. The van der Waals surface area contributed by atoms with Crippen LogP contribution < -0.4 is 5.32 Å². The van der Waals surface area contributed by atoms with Crippen LogP contribution >= 0.6 is 0 Å². The van der Waals surface area contributed by atoms with Gasteiger partial charge in [0.15, 0.2) is 0 Å². The topological polar surface area (TPSA) is 32.3 Å². The minimum atomic E-state index is 0.225. The van der Waals surface area contributed by atoms with E-state index in [2.05, 4.69) is 17.3 Å². The van der Waals surface area contributed by atoms with E-state index in [1.54, 1.807) is 6.92 Å². The molecule has 13 heavy (non-hydrogen) atoms. The van der Waals surface area contributed by atoms with Crippen molar-refractivity contribution >= 4 is 5.78 Å². The number of rotatable bonds is 5. The lowest BCUT2D eigenvalue weighted by molar-refractivity contribution is -0.116. The quantitative estimate of drug-likeness (QED) is 0.632. The van der Waals surface area contributed by atoms with E-state index in [4.69, 9.17) is 0 Å². The molecule has 0 radical (unpaired) electrons. The predicted octanol–water partition coefficient (Wildman–Crippen LogP) is 0.507. The maximum Gasteiger partial charge on any atom is 0.143 e. The van der Waals surface area contributed by atoms with E-state index < -0.39 is 0 Å². The van der Waals surface area contributed by atoms with Crippen molar-refractivity contribution < 1.29 is 4.79 Å². The standard InChI is InChI=1S/C10H20N2O/c1-9(13)7-11-5-3-10-4-6-12(2)8-10/h10-11H,3-8H2,1-2H3. The van der Waals surface area contributed by atoms with Gasteiger partial charge in [-0.1, -0.05) is 0 Å². The summed E-state index contributed by atoms with van der Waals surface area (Å²) in [4.78, 5) is 13.0. The number of likely N-dealkylation sites (tertiary alicyclic amines) is 1. The van der Waals surface area contributed by atoms with Gasteiger partial charge in [-0.3, -0.25) is 4.79 Å². The molecule has 1 aliphatic rings. The van der Waals surface area contributed by atoms with Crippen molar-refractivity contribution in [3.63, 3.8) is 0 Å². The van der Waals surface area contributed by atoms with Crippen molar-refractivity contribution in [2.24, 2.45) is 5.92 Å². The van der Waals surface area contributed by atoms with Crippen molar-refractivity contribution in [3.8, 4) is 0 Å². The van der Waals surface area contributed by atoms with Gasteiger partial charge < -0.3 is 10.2 Å². The molecule has 1 rings (SSSR count). The molecule has 1 aliphatic heterocycles. The van der Waals surface area contributed by atoms with Gasteiger partial charge in [0.1, 0.15) is 5.78 Å². The predicted molar refractivity (Wildman–Crippen MR) is 53.8 cm³/mol. The molecule has 3 nitrogen and oxygen atoms in total. The average molecular weight is 184 g/mol. The maximum atomic E-state index is 10.6. The number of hydrogen-bond donors (Lipinski definition) is 1. The van der Waals surface area contributed by atoms with Crippen LogP contribution in [0, 0.1) is 5.92 Å². The molecule has 0 aromatic rings. The highest BCUT2D eigenvalue weighted by Crippen LogP contribution is 2.16. The van der Waals surface area contributed by atoms with Crippen LogP contribution in [-0.2, 0) is 4.79 Å². The van der Waals surface area contributed by atoms with Gasteiger partial charge in [-0.25, -0.2) is 0 Å². The first-order valence-corrected chi connectivity index (χ1v) is 5.07. The third-order valence-corrected chi connectivity index (χ3v) is 2.59. The van der Waals surface area contributed by atoms with Gasteiger partial charge in [-0.15, -0.1) is 0 Å². The highest BCUT2D eigenvalue weighted by molar-refractivity contribution is 5.77. The smallest absolute Gasteiger partial charge is 0.143 e. The van der Waals surface area contributed by atoms with Crippen molar-refractivity contribution in [2.75, 3.05) is 33.2 Å². The van der Waals surface area contributed by atoms with Gasteiger partial charge in [-0.05, 0) is 45.8 Å². The largest absolute Gasteiger partial charge is 0.310 e. The highest BCUT2D eigenvalue weighted by atomic mass is 16.1. The summed E-state index contributed by atoms with van der Waals surface area (Å²) in [6.45, 7) is 5.59. The molecule has 1 N–H and O–H groups in total. The van der Waals surface area contributed by atoms with Crippen molar-refractivity contribution in [1.29, 1.82) is 0 Å². The fraction of sp³-hybridized carbons (Fsp3) is 0.900. The van der Waals surface area contributed by atoms with Crippen LogP contribution in [-0.4, -0.2) is 43.9 Å². The second kappa shape index (κ2) is 5.35. The van der Waals surface area contributed by atoms with Crippen molar-refractivity contribution in [2.45, 2.75) is 19.8 Å². The van der Waals surface area contributed by atoms with Crippen LogP contribution in [0.15, 0.2) is 0 Å². The summed E-state index contributed by atoms with van der Waals surface area (Å²) in [7, 11) is 2.17. The Morgan fingerprint density at radius 3 is 2.92 bits per heavy atom. The summed E-state index contributed by atoms with van der Waals surface area (Å²) in [5.41, 5.74) is 0. The van der Waals surface area contributed by atoms with Crippen molar-refractivity contribution in [1.82, 2.24) is 10.2 Å². The minimum absolute atomic E-state index is 0.225. The first-order valence-electron chi connectivity index (χ1n) is 5.07. The zero-order valence-electron chi connectivity index (χ0n) is 8.68. The van der Waals surface area contributed by atoms with Gasteiger partial charge >= 0.3 is 0 Å². The molecule has 3 heteroatoms. The zero-order valence-corrected chi connectivity index (χ0v) is 8.68. The number of hydrogen-bond acceptors (Lipinski definition) is 3. The molecule has 0 saturated carbocycles. The lowest BCUT2D eigenvalue weighted by Gasteiger charge is -2.10. The van der Waals surface area contributed by atoms with Gasteiger partial charge in [0, 0.05) is 6.54 Å². The molecule has 1 fully saturated rings. The number of nitrogens with zero attached hydrogens (tertiary/aromatic N) is 1. The van der Waals surface area contributed by atoms with E-state index in [-0.39, 0.29) is 5.78 Å². The maximum absolute atomic E-state index is 10.6. The fourth-order valence-corrected chi connectivity index (χ4v) is 1.83. The summed E-state index contributed by atoms with van der Waals surface area (Å²) in [6.07, 6.45) is 2.52. The Bertz CT molecular complexity index is 170. The molecule has 0 aromatic carbocycles. The van der Waals surface area contributed by atoms with E-state index >= 15 is 0 Å². The second-order valence-electron chi connectivity index (χ2n) is 4.08. The van der Waals surface area contributed by atoms with Gasteiger partial charge in [0.25, 0.3) is 0 Å². The lowest BCUT2D eigenvalue weighted by Crippen LogP contribution is -2.24. The van der Waals surface area contributed by atoms with Crippen LogP contribution in [0.4, 0.5) is 0 Å². The van der Waals surface area contributed by atoms with Gasteiger partial charge in [0.05, 0.1) is 6.54 Å². The average Bonchev–Trinajstić information content (AvgIpc) is 2.45. The monoisotopic (exact) mass is 184 g/mol. The van der Waals surface area contributed by atoms with E-state index in [9.17, 15) is 4.79 Å². The normalized spacial score (nSPS) is 23.7. The van der Waals surface area contributed by atoms with E-state index in [0.29, 0.717) is 6.54 Å². The SMILES string of the molecule is CC(=O)CNCCC1CCN(C)C1. The van der Waals surface area contributed by atoms with E-state index in [1.807, 2.05) is 0 Å². The van der Waals surface area contributed by atoms with Gasteiger partial charge in [-0.2, -0.15) is 0 Å². The molecule has 0 bridgehead atoms. The number of carbonyl (C=O) groups excluding carboxylic acids is 1. The Kier molecular flexibility index (Phi) is 4.39. The Balaban J connectivity index is 1.97. The summed E-state index contributed by atoms with van der Waals surface area (Å²) < 4.78 is 0. The van der Waals surface area contributed by atoms with E-state index in [0.717, 1.165) is 12.5 Å². The molecule has 1 heterocycles. The molecule has 76 valence electrons. The van der Waals surface area contributed by atoms with Crippen LogP contribution in [0.3, 0.4) is 0 Å². The lowest BCUT2D eigenvalue weighted by atomic mass is 10.1. The molecule has 0 aliphatic carbocycles. The molecule has 1 saturated heterocycles. The highest BCUT2D eigenvalue weighted by Gasteiger charge is 2.18. The summed E-state index contributed by atoms with van der Waals surface area (Å²) in [5, 5.41) is 3.16.